The van der Waals surface area contributed by atoms with Crippen LogP contribution in [-0.4, -0.2) is 43.6 Å². The Bertz CT molecular complexity index is 445. The van der Waals surface area contributed by atoms with E-state index < -0.39 is 17.4 Å². The molecule has 7 nitrogen and oxygen atoms in total. The van der Waals surface area contributed by atoms with Gasteiger partial charge in [-0.15, -0.1) is 0 Å². The number of unbranched alkanes of at least 4 members (excludes halogenated alkanes) is 2. The number of carbonyl (C=O) groups excluding carboxylic acids is 1. The minimum absolute atomic E-state index is 0.165. The molecule has 120 valence electrons. The number of rotatable bonds is 9. The van der Waals surface area contributed by atoms with Crippen LogP contribution >= 0.6 is 0 Å². The van der Waals surface area contributed by atoms with Crippen molar-refractivity contribution in [3.63, 3.8) is 0 Å². The molecule has 0 fully saturated rings. The van der Waals surface area contributed by atoms with Crippen LogP contribution in [0, 0.1) is 5.41 Å². The zero-order valence-corrected chi connectivity index (χ0v) is 13.0. The van der Waals surface area contributed by atoms with E-state index in [0.717, 1.165) is 25.8 Å². The van der Waals surface area contributed by atoms with Crippen LogP contribution in [0.15, 0.2) is 6.33 Å². The van der Waals surface area contributed by atoms with Crippen molar-refractivity contribution in [1.29, 1.82) is 0 Å². The van der Waals surface area contributed by atoms with Gasteiger partial charge in [-0.2, -0.15) is 5.10 Å². The number of aliphatic hydroxyl groups is 2. The Balaban J connectivity index is 2.43. The van der Waals surface area contributed by atoms with Crippen molar-refractivity contribution >= 4 is 5.91 Å². The molecule has 0 aliphatic rings. The highest BCUT2D eigenvalue weighted by Gasteiger charge is 2.32. The van der Waals surface area contributed by atoms with Crippen molar-refractivity contribution in [3.05, 3.63) is 12.2 Å². The monoisotopic (exact) mass is 298 g/mol. The molecule has 0 saturated carbocycles. The van der Waals surface area contributed by atoms with E-state index in [-0.39, 0.29) is 13.2 Å². The number of amides is 1. The SMILES string of the molecule is CCCCCn1cnc(CNC(=O)[C@H](O)C(C)(C)CO)n1. The average molecular weight is 298 g/mol. The number of aromatic nitrogens is 3. The maximum absolute atomic E-state index is 11.8. The van der Waals surface area contributed by atoms with Gasteiger partial charge in [-0.3, -0.25) is 9.48 Å². The lowest BCUT2D eigenvalue weighted by atomic mass is 9.87. The van der Waals surface area contributed by atoms with Crippen LogP contribution in [0.2, 0.25) is 0 Å². The Morgan fingerprint density at radius 1 is 1.48 bits per heavy atom. The molecule has 7 heteroatoms. The molecule has 0 saturated heterocycles. The van der Waals surface area contributed by atoms with Crippen molar-refractivity contribution in [1.82, 2.24) is 20.1 Å². The zero-order valence-electron chi connectivity index (χ0n) is 13.0. The van der Waals surface area contributed by atoms with E-state index in [1.807, 2.05) is 0 Å². The molecule has 21 heavy (non-hydrogen) atoms. The first kappa shape index (κ1) is 17.6. The molecular formula is C14H26N4O3. The Kier molecular flexibility index (Phi) is 6.77. The maximum Gasteiger partial charge on any atom is 0.249 e. The van der Waals surface area contributed by atoms with Gasteiger partial charge in [-0.05, 0) is 6.42 Å². The van der Waals surface area contributed by atoms with Crippen molar-refractivity contribution < 1.29 is 15.0 Å². The van der Waals surface area contributed by atoms with E-state index in [2.05, 4.69) is 22.3 Å². The third kappa shape index (κ3) is 5.43. The van der Waals surface area contributed by atoms with E-state index in [1.54, 1.807) is 24.9 Å². The van der Waals surface area contributed by atoms with Crippen LogP contribution < -0.4 is 5.32 Å². The van der Waals surface area contributed by atoms with Crippen molar-refractivity contribution in [3.8, 4) is 0 Å². The van der Waals surface area contributed by atoms with E-state index in [1.165, 1.54) is 0 Å². The van der Waals surface area contributed by atoms with Crippen LogP contribution in [0.3, 0.4) is 0 Å². The molecule has 3 N–H and O–H groups in total. The summed E-state index contributed by atoms with van der Waals surface area (Å²) in [6.45, 7) is 6.09. The first-order valence-electron chi connectivity index (χ1n) is 7.35. The minimum atomic E-state index is -1.27. The molecule has 0 aliphatic heterocycles. The smallest absolute Gasteiger partial charge is 0.249 e. The van der Waals surface area contributed by atoms with Gasteiger partial charge in [0.2, 0.25) is 5.91 Å². The summed E-state index contributed by atoms with van der Waals surface area (Å²) in [6, 6.07) is 0. The molecular weight excluding hydrogens is 272 g/mol. The minimum Gasteiger partial charge on any atom is -0.396 e. The largest absolute Gasteiger partial charge is 0.396 e. The van der Waals surface area contributed by atoms with Gasteiger partial charge in [-0.25, -0.2) is 4.98 Å². The molecule has 1 aromatic rings. The molecule has 0 unspecified atom stereocenters. The average Bonchev–Trinajstić information content (AvgIpc) is 2.92. The first-order valence-corrected chi connectivity index (χ1v) is 7.35. The lowest BCUT2D eigenvalue weighted by Crippen LogP contribution is -2.45. The second kappa shape index (κ2) is 8.09. The Hall–Kier alpha value is -1.47. The van der Waals surface area contributed by atoms with Crippen LogP contribution in [0.1, 0.15) is 45.9 Å². The highest BCUT2D eigenvalue weighted by Crippen LogP contribution is 2.19. The molecule has 1 heterocycles. The van der Waals surface area contributed by atoms with Gasteiger partial charge in [0.05, 0.1) is 13.2 Å². The summed E-state index contributed by atoms with van der Waals surface area (Å²) in [5.74, 6) is -0.0229. The fraction of sp³-hybridized carbons (Fsp3) is 0.786. The summed E-state index contributed by atoms with van der Waals surface area (Å²) in [5, 5.41) is 25.8. The lowest BCUT2D eigenvalue weighted by molar-refractivity contribution is -0.137. The predicted octanol–water partition coefficient (Wildman–Crippen LogP) is 0.464. The fourth-order valence-corrected chi connectivity index (χ4v) is 1.75. The quantitative estimate of drug-likeness (QED) is 0.575. The van der Waals surface area contributed by atoms with E-state index in [4.69, 9.17) is 5.11 Å². The third-order valence-corrected chi connectivity index (χ3v) is 3.39. The molecule has 1 amide bonds. The first-order chi connectivity index (χ1) is 9.90. The second-order valence-corrected chi connectivity index (χ2v) is 5.90. The van der Waals surface area contributed by atoms with E-state index >= 15 is 0 Å². The van der Waals surface area contributed by atoms with Gasteiger partial charge in [0.25, 0.3) is 0 Å². The van der Waals surface area contributed by atoms with Crippen molar-refractivity contribution in [2.75, 3.05) is 6.61 Å². The number of carbonyl (C=O) groups is 1. The highest BCUT2D eigenvalue weighted by atomic mass is 16.3. The number of aryl methyl sites for hydroxylation is 1. The van der Waals surface area contributed by atoms with Gasteiger partial charge in [-0.1, -0.05) is 33.6 Å². The number of hydrogen-bond donors (Lipinski definition) is 3. The van der Waals surface area contributed by atoms with Crippen LogP contribution in [0.4, 0.5) is 0 Å². The Labute approximate surface area is 125 Å². The summed E-state index contributed by atoms with van der Waals surface area (Å²) in [5.41, 5.74) is -0.878. The van der Waals surface area contributed by atoms with Gasteiger partial charge in [0.15, 0.2) is 5.82 Å². The highest BCUT2D eigenvalue weighted by molar-refractivity contribution is 5.81. The summed E-state index contributed by atoms with van der Waals surface area (Å²) >= 11 is 0. The topological polar surface area (TPSA) is 100 Å². The Morgan fingerprint density at radius 3 is 2.81 bits per heavy atom. The summed E-state index contributed by atoms with van der Waals surface area (Å²) in [7, 11) is 0. The number of aliphatic hydroxyl groups excluding tert-OH is 2. The van der Waals surface area contributed by atoms with Crippen molar-refractivity contribution in [2.45, 2.75) is 59.2 Å². The molecule has 1 aromatic heterocycles. The van der Waals surface area contributed by atoms with Gasteiger partial charge >= 0.3 is 0 Å². The number of nitrogens with one attached hydrogen (secondary N) is 1. The predicted molar refractivity (Wildman–Crippen MR) is 78.3 cm³/mol. The maximum atomic E-state index is 11.8. The number of nitrogens with zero attached hydrogens (tertiary/aromatic N) is 3. The van der Waals surface area contributed by atoms with E-state index in [9.17, 15) is 9.90 Å². The normalized spacial score (nSPS) is 13.2. The van der Waals surface area contributed by atoms with Gasteiger partial charge in [0.1, 0.15) is 12.4 Å². The zero-order chi connectivity index (χ0) is 15.9. The molecule has 0 aromatic carbocycles. The molecule has 1 atom stereocenters. The summed E-state index contributed by atoms with van der Waals surface area (Å²) in [6.07, 6.45) is 3.72. The summed E-state index contributed by atoms with van der Waals surface area (Å²) < 4.78 is 1.76. The van der Waals surface area contributed by atoms with Gasteiger partial charge in [0, 0.05) is 12.0 Å². The van der Waals surface area contributed by atoms with Crippen LogP contribution in [0.5, 0.6) is 0 Å². The van der Waals surface area contributed by atoms with Crippen LogP contribution in [-0.2, 0) is 17.9 Å². The molecule has 0 aliphatic carbocycles. The van der Waals surface area contributed by atoms with Crippen LogP contribution in [0.25, 0.3) is 0 Å². The van der Waals surface area contributed by atoms with Crippen molar-refractivity contribution in [2.24, 2.45) is 5.41 Å². The molecule has 0 bridgehead atoms. The molecule has 0 radical (unpaired) electrons. The summed E-state index contributed by atoms with van der Waals surface area (Å²) in [4.78, 5) is 15.9. The third-order valence-electron chi connectivity index (χ3n) is 3.39. The molecule has 1 rings (SSSR count). The number of hydrogen-bond acceptors (Lipinski definition) is 5. The second-order valence-electron chi connectivity index (χ2n) is 5.90. The standard InChI is InChI=1S/C14H26N4O3/c1-4-5-6-7-18-10-16-11(17-18)8-15-13(21)12(20)14(2,3)9-19/h10,12,19-20H,4-9H2,1-3H3,(H,15,21)/t12-/m0/s1. The Morgan fingerprint density at radius 2 is 2.19 bits per heavy atom. The fourth-order valence-electron chi connectivity index (χ4n) is 1.75. The van der Waals surface area contributed by atoms with E-state index in [0.29, 0.717) is 5.82 Å². The molecule has 0 spiro atoms. The lowest BCUT2D eigenvalue weighted by Gasteiger charge is -2.26. The van der Waals surface area contributed by atoms with Gasteiger partial charge < -0.3 is 15.5 Å².